The van der Waals surface area contributed by atoms with E-state index in [2.05, 4.69) is 20.4 Å². The molecule has 0 aliphatic rings. The maximum Gasteiger partial charge on any atom is 0.251 e. The van der Waals surface area contributed by atoms with E-state index in [4.69, 9.17) is 0 Å². The number of hydrogen-bond acceptors (Lipinski definition) is 5. The van der Waals surface area contributed by atoms with Gasteiger partial charge in [-0.15, -0.1) is 10.2 Å². The molecule has 1 amide bonds. The molecule has 0 saturated heterocycles. The lowest BCUT2D eigenvalue weighted by atomic mass is 10.1. The van der Waals surface area contributed by atoms with E-state index < -0.39 is 0 Å². The summed E-state index contributed by atoms with van der Waals surface area (Å²) in [5.41, 5.74) is 1.78. The predicted octanol–water partition coefficient (Wildman–Crippen LogP) is 1.71. The molecule has 0 radical (unpaired) electrons. The zero-order valence-corrected chi connectivity index (χ0v) is 14.9. The highest BCUT2D eigenvalue weighted by molar-refractivity contribution is 7.99. The van der Waals surface area contributed by atoms with Crippen LogP contribution in [-0.4, -0.2) is 52.0 Å². The first-order valence-electron chi connectivity index (χ1n) is 7.48. The minimum Gasteiger partial charge on any atom is -0.345 e. The topological polar surface area (TPSA) is 63.1 Å². The third-order valence-corrected chi connectivity index (χ3v) is 4.42. The molecule has 1 aromatic heterocycles. The number of nitrogens with zero attached hydrogens (tertiary/aromatic N) is 4. The second-order valence-corrected chi connectivity index (χ2v) is 6.72. The number of carbonyl (C=O) groups excluding carboxylic acids is 1. The molecule has 7 heteroatoms. The van der Waals surface area contributed by atoms with Gasteiger partial charge in [-0.2, -0.15) is 0 Å². The fourth-order valence-corrected chi connectivity index (χ4v) is 2.95. The van der Waals surface area contributed by atoms with Crippen LogP contribution in [0.3, 0.4) is 0 Å². The molecule has 1 aromatic carbocycles. The average Bonchev–Trinajstić information content (AvgIpc) is 2.86. The van der Waals surface area contributed by atoms with Crippen molar-refractivity contribution in [1.82, 2.24) is 25.0 Å². The Balaban J connectivity index is 1.89. The van der Waals surface area contributed by atoms with E-state index in [1.54, 1.807) is 11.8 Å². The maximum absolute atomic E-state index is 12.1. The highest BCUT2D eigenvalue weighted by Gasteiger charge is 2.11. The Labute approximate surface area is 141 Å². The second kappa shape index (κ2) is 8.12. The van der Waals surface area contributed by atoms with E-state index in [9.17, 15) is 4.79 Å². The lowest BCUT2D eigenvalue weighted by Crippen LogP contribution is -2.24. The van der Waals surface area contributed by atoms with Gasteiger partial charge in [-0.3, -0.25) is 4.79 Å². The molecule has 1 heterocycles. The molecule has 2 aromatic rings. The molecule has 0 spiro atoms. The summed E-state index contributed by atoms with van der Waals surface area (Å²) in [6.07, 6.45) is 0. The zero-order valence-electron chi connectivity index (χ0n) is 14.0. The lowest BCUT2D eigenvalue weighted by molar-refractivity contribution is 0.0949. The third kappa shape index (κ3) is 5.07. The molecule has 0 saturated carbocycles. The van der Waals surface area contributed by atoms with Crippen LogP contribution >= 0.6 is 11.8 Å². The van der Waals surface area contributed by atoms with Crippen molar-refractivity contribution >= 4 is 17.7 Å². The minimum atomic E-state index is -0.102. The highest BCUT2D eigenvalue weighted by Crippen LogP contribution is 2.15. The van der Waals surface area contributed by atoms with Crippen molar-refractivity contribution in [1.29, 1.82) is 0 Å². The van der Waals surface area contributed by atoms with Gasteiger partial charge in [0.15, 0.2) is 11.0 Å². The van der Waals surface area contributed by atoms with Gasteiger partial charge in [0, 0.05) is 24.9 Å². The number of carbonyl (C=O) groups is 1. The molecule has 2 rings (SSSR count). The number of hydrogen-bond donors (Lipinski definition) is 1. The zero-order chi connectivity index (χ0) is 16.8. The normalized spacial score (nSPS) is 11.0. The number of benzene rings is 1. The van der Waals surface area contributed by atoms with Gasteiger partial charge in [0.2, 0.25) is 0 Å². The Hall–Kier alpha value is -1.86. The van der Waals surface area contributed by atoms with Crippen LogP contribution in [0.5, 0.6) is 0 Å². The Morgan fingerprint density at radius 2 is 1.96 bits per heavy atom. The van der Waals surface area contributed by atoms with Gasteiger partial charge in [-0.1, -0.05) is 29.5 Å². The van der Waals surface area contributed by atoms with Gasteiger partial charge in [0.05, 0.1) is 6.54 Å². The number of aryl methyl sites for hydroxylation is 1. The minimum absolute atomic E-state index is 0.102. The third-order valence-electron chi connectivity index (χ3n) is 3.42. The van der Waals surface area contributed by atoms with Crippen LogP contribution in [0.4, 0.5) is 0 Å². The van der Waals surface area contributed by atoms with Crippen LogP contribution in [0.2, 0.25) is 0 Å². The lowest BCUT2D eigenvalue weighted by Gasteiger charge is -2.09. The summed E-state index contributed by atoms with van der Waals surface area (Å²) in [7, 11) is 6.01. The quantitative estimate of drug-likeness (QED) is 0.782. The van der Waals surface area contributed by atoms with Gasteiger partial charge < -0.3 is 14.8 Å². The van der Waals surface area contributed by atoms with Crippen LogP contribution in [0.25, 0.3) is 0 Å². The number of aromatic nitrogens is 3. The smallest absolute Gasteiger partial charge is 0.251 e. The summed E-state index contributed by atoms with van der Waals surface area (Å²) in [6.45, 7) is 3.35. The molecule has 0 aliphatic heterocycles. The number of rotatable bonds is 7. The summed E-state index contributed by atoms with van der Waals surface area (Å²) in [6, 6.07) is 7.50. The van der Waals surface area contributed by atoms with Crippen LogP contribution in [0.1, 0.15) is 21.7 Å². The van der Waals surface area contributed by atoms with Gasteiger partial charge in [0.1, 0.15) is 0 Å². The first-order chi connectivity index (χ1) is 11.0. The number of amides is 1. The maximum atomic E-state index is 12.1. The summed E-state index contributed by atoms with van der Waals surface area (Å²) in [5.74, 6) is 1.60. The van der Waals surface area contributed by atoms with Crippen molar-refractivity contribution in [3.05, 3.63) is 41.2 Å². The van der Waals surface area contributed by atoms with E-state index in [0.29, 0.717) is 12.1 Å². The predicted molar refractivity (Wildman–Crippen MR) is 92.6 cm³/mol. The standard InChI is InChI=1S/C16H23N5OS/c1-12-5-7-13(8-6-12)15(22)17-11-14-18-19-16(21(14)4)23-10-9-20(2)3/h5-8H,9-11H2,1-4H3,(H,17,22). The Morgan fingerprint density at radius 1 is 1.26 bits per heavy atom. The number of nitrogens with one attached hydrogen (secondary N) is 1. The van der Waals surface area contributed by atoms with E-state index >= 15 is 0 Å². The Kier molecular flexibility index (Phi) is 6.18. The molecule has 6 nitrogen and oxygen atoms in total. The van der Waals surface area contributed by atoms with E-state index in [0.717, 1.165) is 28.8 Å². The molecular formula is C16H23N5OS. The number of thioether (sulfide) groups is 1. The fourth-order valence-electron chi connectivity index (χ4n) is 1.91. The largest absolute Gasteiger partial charge is 0.345 e. The molecule has 0 fully saturated rings. The second-order valence-electron chi connectivity index (χ2n) is 5.66. The molecule has 0 bridgehead atoms. The molecule has 1 N–H and O–H groups in total. The summed E-state index contributed by atoms with van der Waals surface area (Å²) in [4.78, 5) is 14.2. The first-order valence-corrected chi connectivity index (χ1v) is 8.46. The van der Waals surface area contributed by atoms with E-state index in [1.807, 2.05) is 56.9 Å². The van der Waals surface area contributed by atoms with Gasteiger partial charge in [0.25, 0.3) is 5.91 Å². The van der Waals surface area contributed by atoms with Crippen molar-refractivity contribution in [2.24, 2.45) is 7.05 Å². The van der Waals surface area contributed by atoms with E-state index in [1.165, 1.54) is 0 Å². The molecule has 23 heavy (non-hydrogen) atoms. The SMILES string of the molecule is Cc1ccc(C(=O)NCc2nnc(SCCN(C)C)n2C)cc1. The summed E-state index contributed by atoms with van der Waals surface area (Å²) < 4.78 is 1.93. The molecule has 0 atom stereocenters. The molecule has 0 aliphatic carbocycles. The van der Waals surface area contributed by atoms with Crippen molar-refractivity contribution < 1.29 is 4.79 Å². The molecular weight excluding hydrogens is 310 g/mol. The van der Waals surface area contributed by atoms with Crippen molar-refractivity contribution in [3.8, 4) is 0 Å². The summed E-state index contributed by atoms with van der Waals surface area (Å²) >= 11 is 1.66. The van der Waals surface area contributed by atoms with Crippen LogP contribution in [-0.2, 0) is 13.6 Å². The Bertz CT molecular complexity index is 651. The molecule has 124 valence electrons. The Morgan fingerprint density at radius 3 is 2.61 bits per heavy atom. The van der Waals surface area contributed by atoms with Crippen LogP contribution < -0.4 is 5.32 Å². The van der Waals surface area contributed by atoms with Gasteiger partial charge >= 0.3 is 0 Å². The molecule has 0 unspecified atom stereocenters. The van der Waals surface area contributed by atoms with Crippen molar-refractivity contribution in [2.45, 2.75) is 18.6 Å². The van der Waals surface area contributed by atoms with Crippen LogP contribution in [0.15, 0.2) is 29.4 Å². The van der Waals surface area contributed by atoms with Gasteiger partial charge in [-0.25, -0.2) is 0 Å². The van der Waals surface area contributed by atoms with Crippen LogP contribution in [0, 0.1) is 6.92 Å². The highest BCUT2D eigenvalue weighted by atomic mass is 32.2. The average molecular weight is 333 g/mol. The van der Waals surface area contributed by atoms with E-state index in [-0.39, 0.29) is 5.91 Å². The monoisotopic (exact) mass is 333 g/mol. The van der Waals surface area contributed by atoms with Crippen molar-refractivity contribution in [3.63, 3.8) is 0 Å². The first kappa shape index (κ1) is 17.5. The van der Waals surface area contributed by atoms with Crippen molar-refractivity contribution in [2.75, 3.05) is 26.4 Å². The van der Waals surface area contributed by atoms with Gasteiger partial charge in [-0.05, 0) is 33.2 Å². The summed E-state index contributed by atoms with van der Waals surface area (Å²) in [5, 5.41) is 12.1. The fraction of sp³-hybridized carbons (Fsp3) is 0.438.